The molecule has 2 aromatic carbocycles. The van der Waals surface area contributed by atoms with Gasteiger partial charge in [0.1, 0.15) is 11.5 Å². The Morgan fingerprint density at radius 1 is 1.03 bits per heavy atom. The van der Waals surface area contributed by atoms with E-state index in [0.717, 1.165) is 16.9 Å². The minimum Gasteiger partial charge on any atom is -0.341 e. The van der Waals surface area contributed by atoms with Crippen molar-refractivity contribution >= 4 is 22.6 Å². The molecule has 0 aliphatic heterocycles. The summed E-state index contributed by atoms with van der Waals surface area (Å²) in [6, 6.07) is 22.5. The van der Waals surface area contributed by atoms with E-state index in [-0.39, 0.29) is 11.2 Å². The number of carbonyl (C=O) groups excluding carboxylic acids is 1. The molecule has 0 radical (unpaired) electrons. The fraction of sp³-hybridized carbons (Fsp3) is 0.100. The summed E-state index contributed by atoms with van der Waals surface area (Å²) in [5.41, 5.74) is 4.53. The van der Waals surface area contributed by atoms with E-state index in [0.29, 0.717) is 41.7 Å². The van der Waals surface area contributed by atoms with E-state index in [1.807, 2.05) is 71.3 Å². The average molecular weight is 482 g/mol. The van der Waals surface area contributed by atoms with Crippen LogP contribution in [0.3, 0.4) is 0 Å². The molecule has 182 valence electrons. The van der Waals surface area contributed by atoms with Crippen LogP contribution >= 0.6 is 0 Å². The predicted molar refractivity (Wildman–Crippen MR) is 146 cm³/mol. The Labute approximate surface area is 210 Å². The Hall–Kier alpha value is -4.58. The predicted octanol–water partition coefficient (Wildman–Crippen LogP) is 6.43. The van der Waals surface area contributed by atoms with E-state index >= 15 is 0 Å². The van der Waals surface area contributed by atoms with Gasteiger partial charge in [0.05, 0.1) is 12.6 Å². The van der Waals surface area contributed by atoms with Crippen LogP contribution in [0.4, 0.5) is 10.2 Å². The van der Waals surface area contributed by atoms with Gasteiger partial charge in [0, 0.05) is 35.1 Å². The topological polar surface area (TPSA) is 64.0 Å². The molecule has 2 heterocycles. The SMILES string of the molecule is C=C/C=C(\C=C)Nc1cc(=O)c2ccc(Cc3ccc(C(C)=O)cc3)nc2n1-c1ccccc1.CF. The third-order valence-electron chi connectivity index (χ3n) is 5.47. The summed E-state index contributed by atoms with van der Waals surface area (Å²) in [6.07, 6.45) is 5.68. The number of allylic oxidation sites excluding steroid dienone is 3. The normalized spacial score (nSPS) is 10.8. The zero-order valence-corrected chi connectivity index (χ0v) is 20.4. The molecule has 0 atom stereocenters. The minimum absolute atomic E-state index is 0.0340. The standard InChI is InChI=1S/C29H25N3O2.CH3F/c1-4-9-23(5-2)30-28-19-27(34)26-17-16-24(18-21-12-14-22(15-13-21)20(3)33)31-29(26)32(28)25-10-7-6-8-11-25;1-2/h4-17,19,30H,1-2,18H2,3H3;1H3/b23-9+;. The first kappa shape index (κ1) is 26.0. The number of alkyl halides is 1. The Kier molecular flexibility index (Phi) is 8.84. The highest BCUT2D eigenvalue weighted by molar-refractivity contribution is 5.94. The zero-order chi connectivity index (χ0) is 26.1. The van der Waals surface area contributed by atoms with E-state index in [9.17, 15) is 14.0 Å². The van der Waals surface area contributed by atoms with Crippen molar-refractivity contribution in [2.75, 3.05) is 12.5 Å². The molecule has 4 aromatic rings. The molecule has 0 aliphatic carbocycles. The lowest BCUT2D eigenvalue weighted by Crippen LogP contribution is -2.15. The van der Waals surface area contributed by atoms with Crippen LogP contribution < -0.4 is 10.7 Å². The molecule has 0 unspecified atom stereocenters. The minimum atomic E-state index is -0.128. The van der Waals surface area contributed by atoms with Gasteiger partial charge < -0.3 is 5.32 Å². The van der Waals surface area contributed by atoms with Crippen molar-refractivity contribution in [2.24, 2.45) is 0 Å². The molecule has 5 nitrogen and oxygen atoms in total. The molecular weight excluding hydrogens is 453 g/mol. The number of fused-ring (bicyclic) bond motifs is 1. The quantitative estimate of drug-likeness (QED) is 0.233. The van der Waals surface area contributed by atoms with Crippen molar-refractivity contribution in [3.05, 3.63) is 137 Å². The fourth-order valence-electron chi connectivity index (χ4n) is 3.76. The molecule has 0 aliphatic rings. The number of pyridine rings is 2. The molecule has 0 spiro atoms. The van der Waals surface area contributed by atoms with Gasteiger partial charge in [-0.2, -0.15) is 0 Å². The fourth-order valence-corrected chi connectivity index (χ4v) is 3.76. The van der Waals surface area contributed by atoms with E-state index in [1.165, 1.54) is 0 Å². The number of Topliss-reactive ketones (excluding diaryl/α,β-unsaturated/α-hetero) is 1. The zero-order valence-electron chi connectivity index (χ0n) is 20.4. The number of hydrogen-bond acceptors (Lipinski definition) is 4. The van der Waals surface area contributed by atoms with E-state index in [1.54, 1.807) is 31.2 Å². The van der Waals surface area contributed by atoms with Gasteiger partial charge in [-0.25, -0.2) is 4.98 Å². The number of hydrogen-bond donors (Lipinski definition) is 1. The Morgan fingerprint density at radius 2 is 1.72 bits per heavy atom. The number of aromatic nitrogens is 2. The van der Waals surface area contributed by atoms with Crippen LogP contribution in [0.1, 0.15) is 28.5 Å². The third kappa shape index (κ3) is 5.91. The second-order valence-electron chi connectivity index (χ2n) is 7.86. The number of nitrogens with one attached hydrogen (secondary N) is 1. The van der Waals surface area contributed by atoms with Crippen LogP contribution in [0.25, 0.3) is 16.7 Å². The van der Waals surface area contributed by atoms with E-state index in [4.69, 9.17) is 4.98 Å². The van der Waals surface area contributed by atoms with Crippen LogP contribution in [0.2, 0.25) is 0 Å². The van der Waals surface area contributed by atoms with Crippen LogP contribution in [0.5, 0.6) is 0 Å². The molecule has 0 amide bonds. The maximum absolute atomic E-state index is 13.0. The first-order chi connectivity index (χ1) is 17.5. The van der Waals surface area contributed by atoms with Crippen LogP contribution in [0.15, 0.2) is 115 Å². The van der Waals surface area contributed by atoms with Gasteiger partial charge in [-0.3, -0.25) is 18.5 Å². The van der Waals surface area contributed by atoms with Crippen molar-refractivity contribution in [2.45, 2.75) is 13.3 Å². The number of nitrogens with zero attached hydrogens (tertiary/aromatic N) is 2. The number of anilines is 1. The molecule has 0 saturated carbocycles. The Bertz CT molecular complexity index is 1470. The van der Waals surface area contributed by atoms with Gasteiger partial charge in [-0.1, -0.05) is 61.7 Å². The van der Waals surface area contributed by atoms with Crippen LogP contribution in [-0.2, 0) is 6.42 Å². The molecule has 1 N–H and O–H groups in total. The molecule has 2 aromatic heterocycles. The van der Waals surface area contributed by atoms with Gasteiger partial charge in [0.15, 0.2) is 11.2 Å². The van der Waals surface area contributed by atoms with Crippen molar-refractivity contribution in [3.8, 4) is 5.69 Å². The molecule has 36 heavy (non-hydrogen) atoms. The summed E-state index contributed by atoms with van der Waals surface area (Å²) in [5, 5.41) is 3.80. The van der Waals surface area contributed by atoms with Gasteiger partial charge in [0.2, 0.25) is 0 Å². The second kappa shape index (κ2) is 12.2. The maximum atomic E-state index is 13.0. The first-order valence-electron chi connectivity index (χ1n) is 11.3. The smallest absolute Gasteiger partial charge is 0.193 e. The number of benzene rings is 2. The molecule has 4 rings (SSSR count). The summed E-state index contributed by atoms with van der Waals surface area (Å²) in [6.45, 7) is 9.13. The molecule has 0 bridgehead atoms. The maximum Gasteiger partial charge on any atom is 0.193 e. The number of rotatable bonds is 8. The largest absolute Gasteiger partial charge is 0.341 e. The monoisotopic (exact) mass is 481 g/mol. The highest BCUT2D eigenvalue weighted by Crippen LogP contribution is 2.23. The number of halogens is 1. The second-order valence-corrected chi connectivity index (χ2v) is 7.86. The van der Waals surface area contributed by atoms with Crippen LogP contribution in [0, 0.1) is 0 Å². The lowest BCUT2D eigenvalue weighted by atomic mass is 10.0. The van der Waals surface area contributed by atoms with Gasteiger partial charge in [0.25, 0.3) is 0 Å². The summed E-state index contributed by atoms with van der Waals surface area (Å²) < 4.78 is 11.4. The Morgan fingerprint density at radius 3 is 2.33 bits per heavy atom. The van der Waals surface area contributed by atoms with Crippen molar-refractivity contribution in [3.63, 3.8) is 0 Å². The van der Waals surface area contributed by atoms with E-state index < -0.39 is 0 Å². The van der Waals surface area contributed by atoms with Gasteiger partial charge in [-0.15, -0.1) is 0 Å². The highest BCUT2D eigenvalue weighted by Gasteiger charge is 2.14. The summed E-state index contributed by atoms with van der Waals surface area (Å²) in [7, 11) is 0.500. The number of para-hydroxylation sites is 1. The lowest BCUT2D eigenvalue weighted by molar-refractivity contribution is 0.101. The Balaban J connectivity index is 0.00000176. The molecular formula is C30H28FN3O2. The van der Waals surface area contributed by atoms with Gasteiger partial charge in [-0.05, 0) is 48.9 Å². The van der Waals surface area contributed by atoms with Crippen molar-refractivity contribution in [1.82, 2.24) is 9.55 Å². The molecule has 0 saturated heterocycles. The summed E-state index contributed by atoms with van der Waals surface area (Å²) in [4.78, 5) is 29.5. The third-order valence-corrected chi connectivity index (χ3v) is 5.47. The van der Waals surface area contributed by atoms with Crippen molar-refractivity contribution < 1.29 is 9.18 Å². The summed E-state index contributed by atoms with van der Waals surface area (Å²) in [5.74, 6) is 0.610. The van der Waals surface area contributed by atoms with Crippen molar-refractivity contribution in [1.29, 1.82) is 0 Å². The lowest BCUT2D eigenvalue weighted by Gasteiger charge is -2.18. The van der Waals surface area contributed by atoms with Crippen LogP contribution in [-0.4, -0.2) is 22.5 Å². The van der Waals surface area contributed by atoms with E-state index in [2.05, 4.69) is 18.5 Å². The number of carbonyl (C=O) groups is 1. The summed E-state index contributed by atoms with van der Waals surface area (Å²) >= 11 is 0. The molecule has 6 heteroatoms. The highest BCUT2D eigenvalue weighted by atomic mass is 19.1. The average Bonchev–Trinajstić information content (AvgIpc) is 2.90. The van der Waals surface area contributed by atoms with Gasteiger partial charge >= 0.3 is 0 Å². The number of ketones is 1. The first-order valence-corrected chi connectivity index (χ1v) is 11.3. The molecule has 0 fully saturated rings.